The molecule has 0 amide bonds. The molecule has 40 heavy (non-hydrogen) atoms. The first-order chi connectivity index (χ1) is 19.7. The van der Waals surface area contributed by atoms with Crippen molar-refractivity contribution in [2.75, 3.05) is 20.1 Å². The van der Waals surface area contributed by atoms with Gasteiger partial charge in [0.05, 0.1) is 0 Å². The molecule has 202 valence electrons. The van der Waals surface area contributed by atoms with Crippen molar-refractivity contribution >= 4 is 12.4 Å². The van der Waals surface area contributed by atoms with Crippen molar-refractivity contribution < 1.29 is 0 Å². The van der Waals surface area contributed by atoms with Crippen LogP contribution < -0.4 is 0 Å². The number of hydrogen-bond donors (Lipinski definition) is 0. The average Bonchev–Trinajstić information content (AvgIpc) is 3.02. The van der Waals surface area contributed by atoms with Crippen LogP contribution in [0.15, 0.2) is 142 Å². The number of rotatable bonds is 14. The molecule has 4 atom stereocenters. The Labute approximate surface area is 235 Å². The van der Waals surface area contributed by atoms with E-state index in [1.807, 2.05) is 141 Å². The van der Waals surface area contributed by atoms with Crippen LogP contribution in [0.1, 0.15) is 46.4 Å². The van der Waals surface area contributed by atoms with Crippen molar-refractivity contribution in [1.82, 2.24) is 4.90 Å². The van der Waals surface area contributed by atoms with Crippen LogP contribution in [0.25, 0.3) is 0 Å². The van der Waals surface area contributed by atoms with Gasteiger partial charge < -0.3 is 0 Å². The molecule has 0 radical (unpaired) electrons. The molecule has 0 aliphatic carbocycles. The fraction of sp³-hybridized carbons (Fsp3) is 0.212. The second kappa shape index (κ2) is 15.1. The molecule has 0 bridgehead atoms. The maximum absolute atomic E-state index is 11.9. The minimum Gasteiger partial charge on any atom is -0.296 e. The standard InChI is InChI=1S/C33H33N5O2/c1-38(24-22-34-30(26-14-6-2-7-15-26)32(36-39)28-18-10-4-11-19-28)25-23-35-31(27-16-8-3-9-17-27)33(37-40)29-20-12-5-13-21-29/h2-23,30-33H,24-25H2,1H3. The van der Waals surface area contributed by atoms with Gasteiger partial charge in [0.2, 0.25) is 0 Å². The van der Waals surface area contributed by atoms with Crippen LogP contribution in [0.3, 0.4) is 0 Å². The highest BCUT2D eigenvalue weighted by molar-refractivity contribution is 5.64. The van der Waals surface area contributed by atoms with Crippen molar-refractivity contribution in [3.8, 4) is 0 Å². The maximum Gasteiger partial charge on any atom is 0.143 e. The summed E-state index contributed by atoms with van der Waals surface area (Å²) in [5, 5.41) is 6.89. The highest BCUT2D eigenvalue weighted by atomic mass is 16.3. The maximum atomic E-state index is 11.9. The summed E-state index contributed by atoms with van der Waals surface area (Å²) in [6.07, 6.45) is 3.64. The lowest BCUT2D eigenvalue weighted by molar-refractivity contribution is 0.439. The molecule has 4 aromatic rings. The molecule has 0 spiro atoms. The van der Waals surface area contributed by atoms with E-state index in [0.29, 0.717) is 13.1 Å². The minimum atomic E-state index is -0.635. The third kappa shape index (κ3) is 7.71. The van der Waals surface area contributed by atoms with E-state index < -0.39 is 24.2 Å². The Morgan fingerprint density at radius 1 is 0.500 bits per heavy atom. The Kier molecular flexibility index (Phi) is 10.7. The molecular weight excluding hydrogens is 498 g/mol. The average molecular weight is 532 g/mol. The molecule has 4 unspecified atom stereocenters. The van der Waals surface area contributed by atoms with Crippen LogP contribution in [-0.4, -0.2) is 37.5 Å². The first-order valence-electron chi connectivity index (χ1n) is 13.3. The van der Waals surface area contributed by atoms with E-state index in [1.54, 1.807) is 0 Å². The predicted octanol–water partition coefficient (Wildman–Crippen LogP) is 7.56. The highest BCUT2D eigenvalue weighted by Crippen LogP contribution is 2.36. The zero-order valence-electron chi connectivity index (χ0n) is 22.5. The van der Waals surface area contributed by atoms with Gasteiger partial charge in [-0.1, -0.05) is 132 Å². The van der Waals surface area contributed by atoms with E-state index in [2.05, 4.69) is 15.3 Å². The van der Waals surface area contributed by atoms with Gasteiger partial charge in [0.25, 0.3) is 0 Å². The molecule has 0 aliphatic heterocycles. The van der Waals surface area contributed by atoms with Gasteiger partial charge in [-0.25, -0.2) is 0 Å². The van der Waals surface area contributed by atoms with Crippen molar-refractivity contribution in [1.29, 1.82) is 0 Å². The van der Waals surface area contributed by atoms with E-state index in [1.165, 1.54) is 0 Å². The van der Waals surface area contributed by atoms with Crippen molar-refractivity contribution in [2.45, 2.75) is 24.2 Å². The topological polar surface area (TPSA) is 86.8 Å². The van der Waals surface area contributed by atoms with Crippen molar-refractivity contribution in [3.63, 3.8) is 0 Å². The van der Waals surface area contributed by atoms with E-state index in [-0.39, 0.29) is 0 Å². The summed E-state index contributed by atoms with van der Waals surface area (Å²) >= 11 is 0. The molecule has 4 aromatic carbocycles. The first kappa shape index (κ1) is 28.4. The Bertz CT molecular complexity index is 1260. The molecule has 0 aliphatic rings. The van der Waals surface area contributed by atoms with Crippen LogP contribution >= 0.6 is 0 Å². The number of hydrogen-bond acceptors (Lipinski definition) is 7. The minimum absolute atomic E-state index is 0.434. The van der Waals surface area contributed by atoms with Gasteiger partial charge in [-0.3, -0.25) is 14.9 Å². The Balaban J connectivity index is 1.46. The molecule has 0 saturated heterocycles. The molecule has 7 nitrogen and oxygen atoms in total. The van der Waals surface area contributed by atoms with E-state index in [9.17, 15) is 9.81 Å². The smallest absolute Gasteiger partial charge is 0.143 e. The second-order valence-electron chi connectivity index (χ2n) is 9.52. The first-order valence-corrected chi connectivity index (χ1v) is 13.3. The molecule has 0 aromatic heterocycles. The lowest BCUT2D eigenvalue weighted by atomic mass is 9.94. The quantitative estimate of drug-likeness (QED) is 0.124. The van der Waals surface area contributed by atoms with E-state index in [4.69, 9.17) is 9.98 Å². The molecule has 7 heteroatoms. The third-order valence-corrected chi connectivity index (χ3v) is 6.71. The number of aliphatic imine (C=N–C) groups is 2. The fourth-order valence-electron chi connectivity index (χ4n) is 4.58. The Morgan fingerprint density at radius 2 is 0.775 bits per heavy atom. The number of benzene rings is 4. The van der Waals surface area contributed by atoms with Gasteiger partial charge in [-0.2, -0.15) is 9.81 Å². The zero-order chi connectivity index (χ0) is 28.0. The molecule has 0 saturated carbocycles. The number of nitrogens with zero attached hydrogens (tertiary/aromatic N) is 5. The van der Waals surface area contributed by atoms with E-state index >= 15 is 0 Å². The summed E-state index contributed by atoms with van der Waals surface area (Å²) in [6, 6.07) is 36.4. The van der Waals surface area contributed by atoms with Gasteiger partial charge in [0.15, 0.2) is 0 Å². The largest absolute Gasteiger partial charge is 0.296 e. The van der Waals surface area contributed by atoms with E-state index in [0.717, 1.165) is 22.3 Å². The normalized spacial score (nSPS) is 14.7. The Hall–Kier alpha value is -4.62. The van der Waals surface area contributed by atoms with Gasteiger partial charge in [-0.15, -0.1) is 0 Å². The van der Waals surface area contributed by atoms with Crippen LogP contribution in [0, 0.1) is 9.81 Å². The zero-order valence-corrected chi connectivity index (χ0v) is 22.5. The van der Waals surface area contributed by atoms with Gasteiger partial charge in [-0.05, 0) is 29.3 Å². The summed E-state index contributed by atoms with van der Waals surface area (Å²) in [4.78, 5) is 35.5. The molecule has 4 rings (SSSR count). The van der Waals surface area contributed by atoms with Crippen LogP contribution in [0.4, 0.5) is 0 Å². The van der Waals surface area contributed by atoms with Crippen LogP contribution in [0.2, 0.25) is 0 Å². The van der Waals surface area contributed by atoms with Gasteiger partial charge >= 0.3 is 0 Å². The van der Waals surface area contributed by atoms with Crippen LogP contribution in [-0.2, 0) is 0 Å². The summed E-state index contributed by atoms with van der Waals surface area (Å²) in [7, 11) is 1.96. The molecule has 0 heterocycles. The molecule has 0 N–H and O–H groups in total. The van der Waals surface area contributed by atoms with Gasteiger partial charge in [0.1, 0.15) is 24.2 Å². The molecule has 0 fully saturated rings. The van der Waals surface area contributed by atoms with Crippen molar-refractivity contribution in [3.05, 3.63) is 153 Å². The Morgan fingerprint density at radius 3 is 1.05 bits per heavy atom. The summed E-state index contributed by atoms with van der Waals surface area (Å²) in [5.74, 6) is 0. The highest BCUT2D eigenvalue weighted by Gasteiger charge is 2.26. The monoisotopic (exact) mass is 531 g/mol. The molecular formula is C33H33N5O2. The fourth-order valence-corrected chi connectivity index (χ4v) is 4.58. The lowest BCUT2D eigenvalue weighted by Gasteiger charge is -2.20. The summed E-state index contributed by atoms with van der Waals surface area (Å²) < 4.78 is 0. The SMILES string of the molecule is CN(CC=NC(c1ccccc1)C(N=O)c1ccccc1)CC=NC(c1ccccc1)C(N=O)c1ccccc1. The van der Waals surface area contributed by atoms with Crippen molar-refractivity contribution in [2.24, 2.45) is 20.3 Å². The summed E-state index contributed by atoms with van der Waals surface area (Å²) in [5.41, 5.74) is 3.51. The summed E-state index contributed by atoms with van der Waals surface area (Å²) in [6.45, 7) is 1.08. The number of nitroso groups, excluding NO2 is 2. The lowest BCUT2D eigenvalue weighted by Crippen LogP contribution is -2.23. The van der Waals surface area contributed by atoms with Gasteiger partial charge in [0, 0.05) is 25.5 Å². The predicted molar refractivity (Wildman–Crippen MR) is 163 cm³/mol. The van der Waals surface area contributed by atoms with Crippen LogP contribution in [0.5, 0.6) is 0 Å². The third-order valence-electron chi connectivity index (χ3n) is 6.71. The second-order valence-corrected chi connectivity index (χ2v) is 9.52.